The summed E-state index contributed by atoms with van der Waals surface area (Å²) >= 11 is 0. The number of hydrogen-bond acceptors (Lipinski definition) is 6. The molecule has 2 N–H and O–H groups in total. The van der Waals surface area contributed by atoms with Crippen molar-refractivity contribution in [1.29, 1.82) is 0 Å². The number of nitrogens with zero attached hydrogens (tertiary/aromatic N) is 2. The SMILES string of the molecule is O=C(O)c1cc([N+](=O)[O-])cnc1NCC1CCCO1. The van der Waals surface area contributed by atoms with Gasteiger partial charge in [-0.1, -0.05) is 0 Å². The number of aromatic carboxylic acids is 1. The largest absolute Gasteiger partial charge is 0.478 e. The summed E-state index contributed by atoms with van der Waals surface area (Å²) in [6.45, 7) is 1.14. The monoisotopic (exact) mass is 267 g/mol. The lowest BCUT2D eigenvalue weighted by Crippen LogP contribution is -2.20. The number of carboxylic acid groups (broad SMARTS) is 1. The van der Waals surface area contributed by atoms with E-state index in [1.165, 1.54) is 0 Å². The molecular weight excluding hydrogens is 254 g/mol. The minimum Gasteiger partial charge on any atom is -0.478 e. The Balaban J connectivity index is 2.14. The maximum atomic E-state index is 11.1. The number of carbonyl (C=O) groups is 1. The summed E-state index contributed by atoms with van der Waals surface area (Å²) in [6.07, 6.45) is 2.94. The van der Waals surface area contributed by atoms with E-state index in [4.69, 9.17) is 9.84 Å². The summed E-state index contributed by atoms with van der Waals surface area (Å²) < 4.78 is 5.39. The Hall–Kier alpha value is -2.22. The van der Waals surface area contributed by atoms with Crippen molar-refractivity contribution in [3.05, 3.63) is 27.9 Å². The summed E-state index contributed by atoms with van der Waals surface area (Å²) in [7, 11) is 0. The van der Waals surface area contributed by atoms with Gasteiger partial charge in [-0.3, -0.25) is 10.1 Å². The molecular formula is C11H13N3O5. The zero-order valence-electron chi connectivity index (χ0n) is 10.0. The Labute approximate surface area is 108 Å². The van der Waals surface area contributed by atoms with E-state index in [1.807, 2.05) is 0 Å². The lowest BCUT2D eigenvalue weighted by Gasteiger charge is -2.12. The number of rotatable bonds is 5. The number of hydrogen-bond donors (Lipinski definition) is 2. The first-order chi connectivity index (χ1) is 9.08. The van der Waals surface area contributed by atoms with Crippen molar-refractivity contribution in [1.82, 2.24) is 4.98 Å². The molecule has 1 unspecified atom stereocenters. The fourth-order valence-electron chi connectivity index (χ4n) is 1.87. The number of aromatic nitrogens is 1. The molecule has 1 aliphatic heterocycles. The van der Waals surface area contributed by atoms with Crippen LogP contribution in [0.2, 0.25) is 0 Å². The Morgan fingerprint density at radius 2 is 2.47 bits per heavy atom. The second-order valence-electron chi connectivity index (χ2n) is 4.17. The predicted octanol–water partition coefficient (Wildman–Crippen LogP) is 1.28. The van der Waals surface area contributed by atoms with Gasteiger partial charge in [0.05, 0.1) is 11.0 Å². The molecule has 8 nitrogen and oxygen atoms in total. The van der Waals surface area contributed by atoms with Crippen LogP contribution in [-0.2, 0) is 4.74 Å². The molecule has 1 aromatic heterocycles. The normalized spacial score (nSPS) is 18.2. The van der Waals surface area contributed by atoms with Crippen LogP contribution >= 0.6 is 0 Å². The Morgan fingerprint density at radius 1 is 1.68 bits per heavy atom. The van der Waals surface area contributed by atoms with E-state index in [-0.39, 0.29) is 23.2 Å². The third-order valence-electron chi connectivity index (χ3n) is 2.84. The Kier molecular flexibility index (Phi) is 3.91. The molecule has 0 bridgehead atoms. The van der Waals surface area contributed by atoms with Gasteiger partial charge in [-0.2, -0.15) is 0 Å². The smallest absolute Gasteiger partial charge is 0.339 e. The average Bonchev–Trinajstić information content (AvgIpc) is 2.89. The highest BCUT2D eigenvalue weighted by molar-refractivity contribution is 5.93. The van der Waals surface area contributed by atoms with Crippen LogP contribution in [0, 0.1) is 10.1 Å². The molecule has 0 amide bonds. The molecule has 8 heteroatoms. The Morgan fingerprint density at radius 3 is 3.05 bits per heavy atom. The maximum absolute atomic E-state index is 11.1. The topological polar surface area (TPSA) is 115 Å². The average molecular weight is 267 g/mol. The molecule has 1 aliphatic rings. The van der Waals surface area contributed by atoms with E-state index in [1.54, 1.807) is 0 Å². The highest BCUT2D eigenvalue weighted by Gasteiger charge is 2.20. The first-order valence-corrected chi connectivity index (χ1v) is 5.81. The lowest BCUT2D eigenvalue weighted by molar-refractivity contribution is -0.385. The standard InChI is InChI=1S/C11H13N3O5/c15-11(16)9-4-7(14(17)18)5-12-10(9)13-6-8-2-1-3-19-8/h4-5,8H,1-3,6H2,(H,12,13)(H,15,16). The van der Waals surface area contributed by atoms with Crippen LogP contribution in [0.4, 0.5) is 11.5 Å². The van der Waals surface area contributed by atoms with E-state index < -0.39 is 10.9 Å². The molecule has 1 saturated heterocycles. The van der Waals surface area contributed by atoms with Crippen LogP contribution in [-0.4, -0.2) is 40.2 Å². The molecule has 19 heavy (non-hydrogen) atoms. The van der Waals surface area contributed by atoms with Crippen LogP contribution in [0.15, 0.2) is 12.3 Å². The third-order valence-corrected chi connectivity index (χ3v) is 2.84. The minimum absolute atomic E-state index is 0.0265. The fourth-order valence-corrected chi connectivity index (χ4v) is 1.87. The molecule has 0 radical (unpaired) electrons. The van der Waals surface area contributed by atoms with Gasteiger partial charge in [0.1, 0.15) is 17.6 Å². The highest BCUT2D eigenvalue weighted by atomic mass is 16.6. The number of pyridine rings is 1. The molecule has 1 fully saturated rings. The minimum atomic E-state index is -1.26. The van der Waals surface area contributed by atoms with Gasteiger partial charge in [-0.05, 0) is 12.8 Å². The number of anilines is 1. The number of ether oxygens (including phenoxy) is 1. The molecule has 0 spiro atoms. The van der Waals surface area contributed by atoms with Crippen LogP contribution in [0.1, 0.15) is 23.2 Å². The Bertz CT molecular complexity index is 499. The van der Waals surface area contributed by atoms with Crippen molar-refractivity contribution >= 4 is 17.5 Å². The molecule has 1 aromatic rings. The lowest BCUT2D eigenvalue weighted by atomic mass is 10.2. The third kappa shape index (κ3) is 3.16. The fraction of sp³-hybridized carbons (Fsp3) is 0.455. The second-order valence-corrected chi connectivity index (χ2v) is 4.17. The van der Waals surface area contributed by atoms with Gasteiger partial charge in [0.25, 0.3) is 5.69 Å². The maximum Gasteiger partial charge on any atom is 0.339 e. The summed E-state index contributed by atoms with van der Waals surface area (Å²) in [5.74, 6) is -1.14. The van der Waals surface area contributed by atoms with Gasteiger partial charge < -0.3 is 15.2 Å². The van der Waals surface area contributed by atoms with E-state index in [0.717, 1.165) is 25.1 Å². The van der Waals surface area contributed by atoms with E-state index in [0.29, 0.717) is 13.2 Å². The molecule has 2 rings (SSSR count). The van der Waals surface area contributed by atoms with E-state index in [2.05, 4.69) is 10.3 Å². The molecule has 1 atom stereocenters. The van der Waals surface area contributed by atoms with Crippen molar-refractivity contribution < 1.29 is 19.6 Å². The van der Waals surface area contributed by atoms with Crippen LogP contribution in [0.25, 0.3) is 0 Å². The predicted molar refractivity (Wildman–Crippen MR) is 65.3 cm³/mol. The van der Waals surface area contributed by atoms with Gasteiger partial charge in [0, 0.05) is 19.2 Å². The quantitative estimate of drug-likeness (QED) is 0.609. The van der Waals surface area contributed by atoms with Crippen LogP contribution < -0.4 is 5.32 Å². The van der Waals surface area contributed by atoms with Crippen molar-refractivity contribution in [2.75, 3.05) is 18.5 Å². The van der Waals surface area contributed by atoms with E-state index >= 15 is 0 Å². The first-order valence-electron chi connectivity index (χ1n) is 5.81. The molecule has 2 heterocycles. The van der Waals surface area contributed by atoms with Crippen molar-refractivity contribution in [2.45, 2.75) is 18.9 Å². The first kappa shape index (κ1) is 13.2. The zero-order valence-corrected chi connectivity index (χ0v) is 10.0. The van der Waals surface area contributed by atoms with Gasteiger partial charge in [0.2, 0.25) is 0 Å². The van der Waals surface area contributed by atoms with Crippen LogP contribution in [0.5, 0.6) is 0 Å². The summed E-state index contributed by atoms with van der Waals surface area (Å²) in [4.78, 5) is 24.8. The van der Waals surface area contributed by atoms with E-state index in [9.17, 15) is 14.9 Å². The van der Waals surface area contributed by atoms with Gasteiger partial charge in [0.15, 0.2) is 0 Å². The number of nitro groups is 1. The molecule has 0 saturated carbocycles. The van der Waals surface area contributed by atoms with Gasteiger partial charge in [-0.25, -0.2) is 9.78 Å². The number of carboxylic acids is 1. The molecule has 0 aliphatic carbocycles. The van der Waals surface area contributed by atoms with Crippen molar-refractivity contribution in [2.24, 2.45) is 0 Å². The summed E-state index contributed by atoms with van der Waals surface area (Å²) in [5, 5.41) is 22.5. The summed E-state index contributed by atoms with van der Waals surface area (Å²) in [6, 6.07) is 0.993. The summed E-state index contributed by atoms with van der Waals surface area (Å²) in [5.41, 5.74) is -0.563. The highest BCUT2D eigenvalue weighted by Crippen LogP contribution is 2.20. The number of nitrogens with one attached hydrogen (secondary N) is 1. The molecule has 0 aromatic carbocycles. The van der Waals surface area contributed by atoms with Gasteiger partial charge >= 0.3 is 5.97 Å². The van der Waals surface area contributed by atoms with Crippen molar-refractivity contribution in [3.8, 4) is 0 Å². The second kappa shape index (κ2) is 5.61. The molecule has 102 valence electrons. The zero-order chi connectivity index (χ0) is 13.8. The van der Waals surface area contributed by atoms with Gasteiger partial charge in [-0.15, -0.1) is 0 Å². The van der Waals surface area contributed by atoms with Crippen molar-refractivity contribution in [3.63, 3.8) is 0 Å². The van der Waals surface area contributed by atoms with Crippen LogP contribution in [0.3, 0.4) is 0 Å².